The van der Waals surface area contributed by atoms with Crippen LogP contribution in [0.3, 0.4) is 0 Å². The summed E-state index contributed by atoms with van der Waals surface area (Å²) in [6, 6.07) is 10.2. The quantitative estimate of drug-likeness (QED) is 0.648. The molecule has 78 valence electrons. The molecule has 2 nitrogen and oxygen atoms in total. The van der Waals surface area contributed by atoms with E-state index in [1.807, 2.05) is 32.0 Å². The number of rotatable bonds is 6. The van der Waals surface area contributed by atoms with E-state index in [9.17, 15) is 0 Å². The molecule has 0 spiro atoms. The van der Waals surface area contributed by atoms with Gasteiger partial charge in [0.25, 0.3) is 0 Å². The summed E-state index contributed by atoms with van der Waals surface area (Å²) in [5.41, 5.74) is 1.21. The lowest BCUT2D eigenvalue weighted by Gasteiger charge is -2.07. The second kappa shape index (κ2) is 6.57. The van der Waals surface area contributed by atoms with Gasteiger partial charge in [-0.1, -0.05) is 30.3 Å². The molecule has 0 bridgehead atoms. The van der Waals surface area contributed by atoms with Crippen molar-refractivity contribution < 1.29 is 9.47 Å². The summed E-state index contributed by atoms with van der Waals surface area (Å²) in [6.07, 6.45) is 0.287. The second-order valence-corrected chi connectivity index (χ2v) is 3.46. The van der Waals surface area contributed by atoms with Crippen molar-refractivity contribution in [3.63, 3.8) is 0 Å². The maximum atomic E-state index is 5.45. The fourth-order valence-corrected chi connectivity index (χ4v) is 1.11. The zero-order valence-corrected chi connectivity index (χ0v) is 8.90. The van der Waals surface area contributed by atoms with Crippen molar-refractivity contribution in [2.45, 2.75) is 26.6 Å². The minimum atomic E-state index is 0.287. The lowest BCUT2D eigenvalue weighted by molar-refractivity contribution is 0.0143. The van der Waals surface area contributed by atoms with Crippen LogP contribution >= 0.6 is 0 Å². The molecule has 0 aliphatic rings. The van der Waals surface area contributed by atoms with Crippen molar-refractivity contribution in [3.8, 4) is 0 Å². The third-order valence-corrected chi connectivity index (χ3v) is 1.79. The first-order valence-electron chi connectivity index (χ1n) is 5.02. The molecule has 0 saturated heterocycles. The molecule has 14 heavy (non-hydrogen) atoms. The summed E-state index contributed by atoms with van der Waals surface area (Å²) in [4.78, 5) is 0. The van der Waals surface area contributed by atoms with Crippen LogP contribution in [0.2, 0.25) is 0 Å². The average Bonchev–Trinajstić information content (AvgIpc) is 2.18. The van der Waals surface area contributed by atoms with E-state index in [4.69, 9.17) is 9.47 Å². The average molecular weight is 194 g/mol. The van der Waals surface area contributed by atoms with Crippen molar-refractivity contribution >= 4 is 0 Å². The first kappa shape index (κ1) is 11.2. The highest BCUT2D eigenvalue weighted by molar-refractivity contribution is 5.13. The van der Waals surface area contributed by atoms with E-state index in [1.54, 1.807) is 0 Å². The van der Waals surface area contributed by atoms with Gasteiger partial charge >= 0.3 is 0 Å². The highest BCUT2D eigenvalue weighted by Crippen LogP contribution is 2.00. The van der Waals surface area contributed by atoms with Gasteiger partial charge in [-0.25, -0.2) is 0 Å². The first-order chi connectivity index (χ1) is 6.79. The van der Waals surface area contributed by atoms with Gasteiger partial charge in [0.05, 0.1) is 25.9 Å². The molecule has 0 radical (unpaired) electrons. The highest BCUT2D eigenvalue weighted by Gasteiger charge is 1.94. The number of ether oxygens (including phenoxy) is 2. The lowest BCUT2D eigenvalue weighted by atomic mass is 10.2. The summed E-state index contributed by atoms with van der Waals surface area (Å²) in [6.45, 7) is 6.05. The molecule has 0 fully saturated rings. The van der Waals surface area contributed by atoms with Crippen molar-refractivity contribution in [2.24, 2.45) is 0 Å². The second-order valence-electron chi connectivity index (χ2n) is 3.46. The number of hydrogen-bond acceptors (Lipinski definition) is 2. The minimum Gasteiger partial charge on any atom is -0.376 e. The van der Waals surface area contributed by atoms with Crippen LogP contribution in [0.4, 0.5) is 0 Å². The molecule has 0 aliphatic heterocycles. The van der Waals surface area contributed by atoms with E-state index in [0.29, 0.717) is 19.8 Å². The summed E-state index contributed by atoms with van der Waals surface area (Å²) in [5.74, 6) is 0. The van der Waals surface area contributed by atoms with Crippen molar-refractivity contribution in [1.82, 2.24) is 0 Å². The topological polar surface area (TPSA) is 18.5 Å². The number of hydrogen-bond donors (Lipinski definition) is 0. The third kappa shape index (κ3) is 5.00. The summed E-state index contributed by atoms with van der Waals surface area (Å²) >= 11 is 0. The summed E-state index contributed by atoms with van der Waals surface area (Å²) in [7, 11) is 0. The van der Waals surface area contributed by atoms with E-state index in [1.165, 1.54) is 5.56 Å². The van der Waals surface area contributed by atoms with Crippen LogP contribution in [-0.4, -0.2) is 19.3 Å². The predicted molar refractivity (Wildman–Crippen MR) is 57.2 cm³/mol. The molecule has 0 aliphatic carbocycles. The minimum absolute atomic E-state index is 0.287. The van der Waals surface area contributed by atoms with Gasteiger partial charge in [-0.05, 0) is 19.4 Å². The molecule has 2 heteroatoms. The maximum absolute atomic E-state index is 5.45. The standard InChI is InChI=1S/C12H18O2/c1-11(2)14-9-8-13-10-12-6-4-3-5-7-12/h3-7,11H,8-10H2,1-2H3. The van der Waals surface area contributed by atoms with E-state index in [-0.39, 0.29) is 6.10 Å². The van der Waals surface area contributed by atoms with Gasteiger partial charge in [0.2, 0.25) is 0 Å². The molecule has 1 aromatic rings. The van der Waals surface area contributed by atoms with Crippen LogP contribution < -0.4 is 0 Å². The Morgan fingerprint density at radius 1 is 1.07 bits per heavy atom. The molecular weight excluding hydrogens is 176 g/mol. The molecule has 0 heterocycles. The Kier molecular flexibility index (Phi) is 5.27. The lowest BCUT2D eigenvalue weighted by Crippen LogP contribution is -2.09. The van der Waals surface area contributed by atoms with Crippen molar-refractivity contribution in [1.29, 1.82) is 0 Å². The van der Waals surface area contributed by atoms with Gasteiger partial charge in [0.15, 0.2) is 0 Å². The van der Waals surface area contributed by atoms with E-state index < -0.39 is 0 Å². The third-order valence-electron chi connectivity index (χ3n) is 1.79. The van der Waals surface area contributed by atoms with Crippen LogP contribution in [0, 0.1) is 0 Å². The monoisotopic (exact) mass is 194 g/mol. The molecule has 0 unspecified atom stereocenters. The largest absolute Gasteiger partial charge is 0.376 e. The Balaban J connectivity index is 2.05. The van der Waals surface area contributed by atoms with Gasteiger partial charge in [0, 0.05) is 0 Å². The molecule has 1 rings (SSSR count). The fourth-order valence-electron chi connectivity index (χ4n) is 1.11. The molecular formula is C12H18O2. The zero-order valence-electron chi connectivity index (χ0n) is 8.90. The SMILES string of the molecule is CC(C)OCCOCc1ccccc1. The summed E-state index contributed by atoms with van der Waals surface area (Å²) < 4.78 is 10.8. The van der Waals surface area contributed by atoms with Gasteiger partial charge in [-0.15, -0.1) is 0 Å². The van der Waals surface area contributed by atoms with Crippen LogP contribution in [0.25, 0.3) is 0 Å². The van der Waals surface area contributed by atoms with Crippen LogP contribution in [0.5, 0.6) is 0 Å². The van der Waals surface area contributed by atoms with Crippen LogP contribution in [-0.2, 0) is 16.1 Å². The molecule has 1 aromatic carbocycles. The predicted octanol–water partition coefficient (Wildman–Crippen LogP) is 2.63. The Morgan fingerprint density at radius 3 is 2.43 bits per heavy atom. The van der Waals surface area contributed by atoms with E-state index in [0.717, 1.165) is 0 Å². The van der Waals surface area contributed by atoms with Gasteiger partial charge in [-0.2, -0.15) is 0 Å². The Morgan fingerprint density at radius 2 is 1.79 bits per heavy atom. The smallest absolute Gasteiger partial charge is 0.0718 e. The molecule has 0 saturated carbocycles. The number of benzene rings is 1. The van der Waals surface area contributed by atoms with Crippen molar-refractivity contribution in [3.05, 3.63) is 35.9 Å². The van der Waals surface area contributed by atoms with E-state index in [2.05, 4.69) is 12.1 Å². The maximum Gasteiger partial charge on any atom is 0.0718 e. The van der Waals surface area contributed by atoms with Gasteiger partial charge < -0.3 is 9.47 Å². The Hall–Kier alpha value is -0.860. The van der Waals surface area contributed by atoms with Gasteiger partial charge in [-0.3, -0.25) is 0 Å². The zero-order chi connectivity index (χ0) is 10.2. The molecule has 0 N–H and O–H groups in total. The van der Waals surface area contributed by atoms with Gasteiger partial charge in [0.1, 0.15) is 0 Å². The fraction of sp³-hybridized carbons (Fsp3) is 0.500. The van der Waals surface area contributed by atoms with Crippen LogP contribution in [0.15, 0.2) is 30.3 Å². The highest BCUT2D eigenvalue weighted by atomic mass is 16.5. The Labute approximate surface area is 85.8 Å². The van der Waals surface area contributed by atoms with Crippen LogP contribution in [0.1, 0.15) is 19.4 Å². The first-order valence-corrected chi connectivity index (χ1v) is 5.02. The molecule has 0 atom stereocenters. The summed E-state index contributed by atoms with van der Waals surface area (Å²) in [5, 5.41) is 0. The molecule has 0 aromatic heterocycles. The molecule has 0 amide bonds. The van der Waals surface area contributed by atoms with Crippen molar-refractivity contribution in [2.75, 3.05) is 13.2 Å². The Bertz CT molecular complexity index is 231. The normalized spacial score (nSPS) is 10.8. The van der Waals surface area contributed by atoms with E-state index >= 15 is 0 Å².